The smallest absolute Gasteiger partial charge is 0.267 e. The maximum absolute atomic E-state index is 11.1. The van der Waals surface area contributed by atoms with Gasteiger partial charge in [0.1, 0.15) is 0 Å². The first kappa shape index (κ1) is 9.45. The molecule has 15 heavy (non-hydrogen) atoms. The fourth-order valence-corrected chi connectivity index (χ4v) is 1.30. The van der Waals surface area contributed by atoms with E-state index in [-0.39, 0.29) is 5.56 Å². The van der Waals surface area contributed by atoms with Crippen LogP contribution in [0.4, 0.5) is 5.69 Å². The number of benzene rings is 1. The summed E-state index contributed by atoms with van der Waals surface area (Å²) in [7, 11) is 0. The van der Waals surface area contributed by atoms with Gasteiger partial charge in [-0.1, -0.05) is 12.1 Å². The fourth-order valence-electron chi connectivity index (χ4n) is 1.30. The van der Waals surface area contributed by atoms with Crippen molar-refractivity contribution in [1.82, 2.24) is 10.2 Å². The topological polar surface area (TPSA) is 71.8 Å². The van der Waals surface area contributed by atoms with E-state index >= 15 is 0 Å². The Balaban J connectivity index is 2.50. The largest absolute Gasteiger partial charge is 0.399 e. The van der Waals surface area contributed by atoms with E-state index in [9.17, 15) is 4.79 Å². The summed E-state index contributed by atoms with van der Waals surface area (Å²) < 4.78 is 0. The fraction of sp³-hybridized carbons (Fsp3) is 0.0909. The zero-order valence-electron chi connectivity index (χ0n) is 8.32. The zero-order chi connectivity index (χ0) is 10.8. The predicted molar refractivity (Wildman–Crippen MR) is 59.4 cm³/mol. The van der Waals surface area contributed by atoms with Gasteiger partial charge in [-0.05, 0) is 25.1 Å². The summed E-state index contributed by atoms with van der Waals surface area (Å²) in [5.74, 6) is 0. The maximum Gasteiger partial charge on any atom is 0.267 e. The second-order valence-electron chi connectivity index (χ2n) is 3.39. The van der Waals surface area contributed by atoms with Gasteiger partial charge in [-0.3, -0.25) is 4.79 Å². The van der Waals surface area contributed by atoms with E-state index in [1.54, 1.807) is 25.1 Å². The molecule has 4 heteroatoms. The van der Waals surface area contributed by atoms with Crippen LogP contribution >= 0.6 is 0 Å². The van der Waals surface area contributed by atoms with E-state index in [4.69, 9.17) is 5.73 Å². The van der Waals surface area contributed by atoms with Crippen LogP contribution in [0.25, 0.3) is 11.3 Å². The van der Waals surface area contributed by atoms with E-state index in [1.807, 2.05) is 12.1 Å². The Bertz CT molecular complexity index is 528. The molecule has 0 spiro atoms. The van der Waals surface area contributed by atoms with Crippen molar-refractivity contribution in [1.29, 1.82) is 0 Å². The molecular weight excluding hydrogens is 190 g/mol. The molecule has 0 saturated carbocycles. The van der Waals surface area contributed by atoms with Crippen molar-refractivity contribution in [3.05, 3.63) is 46.2 Å². The number of hydrogen-bond donors (Lipinski definition) is 2. The second kappa shape index (κ2) is 3.57. The number of aromatic nitrogens is 2. The number of nitrogens with two attached hydrogens (primary N) is 1. The van der Waals surface area contributed by atoms with Crippen LogP contribution in [-0.2, 0) is 0 Å². The summed E-state index contributed by atoms with van der Waals surface area (Å²) in [6, 6.07) is 9.10. The molecule has 0 aliphatic heterocycles. The van der Waals surface area contributed by atoms with Crippen LogP contribution in [0.3, 0.4) is 0 Å². The van der Waals surface area contributed by atoms with Gasteiger partial charge in [-0.15, -0.1) is 0 Å². The molecule has 0 atom stereocenters. The van der Waals surface area contributed by atoms with E-state index in [2.05, 4.69) is 10.2 Å². The number of nitrogens with one attached hydrogen (secondary N) is 1. The average molecular weight is 201 g/mol. The van der Waals surface area contributed by atoms with Gasteiger partial charge in [0.25, 0.3) is 5.56 Å². The van der Waals surface area contributed by atoms with Gasteiger partial charge >= 0.3 is 0 Å². The first-order chi connectivity index (χ1) is 7.16. The van der Waals surface area contributed by atoms with Crippen LogP contribution in [0, 0.1) is 6.92 Å². The quantitative estimate of drug-likeness (QED) is 0.683. The third-order valence-electron chi connectivity index (χ3n) is 2.20. The third kappa shape index (κ3) is 1.88. The number of anilines is 1. The van der Waals surface area contributed by atoms with Gasteiger partial charge in [0.05, 0.1) is 5.69 Å². The number of aromatic amines is 1. The number of rotatable bonds is 1. The van der Waals surface area contributed by atoms with E-state index in [1.165, 1.54) is 0 Å². The molecule has 0 radical (unpaired) electrons. The lowest BCUT2D eigenvalue weighted by molar-refractivity contribution is 0.976. The van der Waals surface area contributed by atoms with Crippen molar-refractivity contribution in [2.75, 3.05) is 5.73 Å². The van der Waals surface area contributed by atoms with Crippen LogP contribution in [0.15, 0.2) is 35.1 Å². The Labute approximate surface area is 86.8 Å². The van der Waals surface area contributed by atoms with Gasteiger partial charge < -0.3 is 5.73 Å². The molecule has 0 unspecified atom stereocenters. The lowest BCUT2D eigenvalue weighted by Crippen LogP contribution is -2.11. The molecule has 0 aliphatic rings. The lowest BCUT2D eigenvalue weighted by atomic mass is 10.1. The first-order valence-corrected chi connectivity index (χ1v) is 4.59. The molecule has 2 rings (SSSR count). The van der Waals surface area contributed by atoms with Crippen molar-refractivity contribution in [2.24, 2.45) is 0 Å². The summed E-state index contributed by atoms with van der Waals surface area (Å²) in [5.41, 5.74) is 8.46. The Morgan fingerprint density at radius 1 is 1.27 bits per heavy atom. The molecule has 0 bridgehead atoms. The van der Waals surface area contributed by atoms with Crippen LogP contribution in [-0.4, -0.2) is 10.2 Å². The minimum atomic E-state index is -0.158. The summed E-state index contributed by atoms with van der Waals surface area (Å²) in [6.07, 6.45) is 0. The minimum Gasteiger partial charge on any atom is -0.399 e. The molecule has 76 valence electrons. The average Bonchev–Trinajstić information content (AvgIpc) is 2.23. The number of aryl methyl sites for hydroxylation is 1. The molecule has 1 heterocycles. The van der Waals surface area contributed by atoms with Crippen molar-refractivity contribution < 1.29 is 0 Å². The van der Waals surface area contributed by atoms with E-state index < -0.39 is 0 Å². The summed E-state index contributed by atoms with van der Waals surface area (Å²) in [6.45, 7) is 1.75. The second-order valence-corrected chi connectivity index (χ2v) is 3.39. The Morgan fingerprint density at radius 3 is 2.53 bits per heavy atom. The van der Waals surface area contributed by atoms with Crippen LogP contribution in [0.5, 0.6) is 0 Å². The van der Waals surface area contributed by atoms with Crippen LogP contribution < -0.4 is 11.3 Å². The summed E-state index contributed by atoms with van der Waals surface area (Å²) in [5, 5.41) is 6.41. The predicted octanol–water partition coefficient (Wildman–Crippen LogP) is 1.33. The molecule has 1 aromatic heterocycles. The Hall–Kier alpha value is -2.10. The number of H-pyrrole nitrogens is 1. The van der Waals surface area contributed by atoms with Crippen molar-refractivity contribution >= 4 is 5.69 Å². The monoisotopic (exact) mass is 201 g/mol. The minimum absolute atomic E-state index is 0.158. The molecule has 4 nitrogen and oxygen atoms in total. The van der Waals surface area contributed by atoms with Gasteiger partial charge in [0.15, 0.2) is 0 Å². The summed E-state index contributed by atoms with van der Waals surface area (Å²) in [4.78, 5) is 11.1. The summed E-state index contributed by atoms with van der Waals surface area (Å²) >= 11 is 0. The molecule has 2 aromatic rings. The molecule has 0 amide bonds. The normalized spacial score (nSPS) is 10.2. The Morgan fingerprint density at radius 2 is 1.93 bits per heavy atom. The molecule has 0 saturated heterocycles. The van der Waals surface area contributed by atoms with Crippen molar-refractivity contribution in [3.8, 4) is 11.3 Å². The highest BCUT2D eigenvalue weighted by molar-refractivity contribution is 5.61. The van der Waals surface area contributed by atoms with E-state index in [0.29, 0.717) is 11.3 Å². The molecule has 1 aromatic carbocycles. The van der Waals surface area contributed by atoms with Crippen LogP contribution in [0.1, 0.15) is 5.56 Å². The molecule has 3 N–H and O–H groups in total. The van der Waals surface area contributed by atoms with Gasteiger partial charge in [0.2, 0.25) is 0 Å². The standard InChI is InChI=1S/C11H11N3O/c1-7-6-10(13-14-11(7)15)8-2-4-9(12)5-3-8/h2-6H,12H2,1H3,(H,14,15). The first-order valence-electron chi connectivity index (χ1n) is 4.59. The Kier molecular flexibility index (Phi) is 2.25. The van der Waals surface area contributed by atoms with Crippen LogP contribution in [0.2, 0.25) is 0 Å². The molecule has 0 aliphatic carbocycles. The number of nitrogen functional groups attached to an aromatic ring is 1. The highest BCUT2D eigenvalue weighted by Gasteiger charge is 2.01. The third-order valence-corrected chi connectivity index (χ3v) is 2.20. The SMILES string of the molecule is Cc1cc(-c2ccc(N)cc2)n[nH]c1=O. The zero-order valence-corrected chi connectivity index (χ0v) is 8.32. The van der Waals surface area contributed by atoms with Gasteiger partial charge in [0, 0.05) is 16.8 Å². The maximum atomic E-state index is 11.1. The van der Waals surface area contributed by atoms with Gasteiger partial charge in [-0.25, -0.2) is 5.10 Å². The molecular formula is C11H11N3O. The van der Waals surface area contributed by atoms with E-state index in [0.717, 1.165) is 11.3 Å². The molecule has 0 fully saturated rings. The highest BCUT2D eigenvalue weighted by atomic mass is 16.1. The van der Waals surface area contributed by atoms with Crippen molar-refractivity contribution in [2.45, 2.75) is 6.92 Å². The van der Waals surface area contributed by atoms with Gasteiger partial charge in [-0.2, -0.15) is 5.10 Å². The number of hydrogen-bond acceptors (Lipinski definition) is 3. The number of nitrogens with zero attached hydrogens (tertiary/aromatic N) is 1. The highest BCUT2D eigenvalue weighted by Crippen LogP contribution is 2.17. The van der Waals surface area contributed by atoms with Crippen molar-refractivity contribution in [3.63, 3.8) is 0 Å². The lowest BCUT2D eigenvalue weighted by Gasteiger charge is -2.01.